The van der Waals surface area contributed by atoms with Gasteiger partial charge in [0.15, 0.2) is 0 Å². The SMILES string of the molecule is CC(CN)NCC(=O)N1CCN(C(=O)OC(C)(C)C)CC1. The molecule has 0 aromatic carbocycles. The van der Waals surface area contributed by atoms with Crippen LogP contribution >= 0.6 is 0 Å². The first-order valence-corrected chi connectivity index (χ1v) is 7.42. The van der Waals surface area contributed by atoms with E-state index in [0.717, 1.165) is 0 Å². The molecule has 3 N–H and O–H groups in total. The Kier molecular flexibility index (Phi) is 6.42. The molecule has 0 bridgehead atoms. The summed E-state index contributed by atoms with van der Waals surface area (Å²) in [6.07, 6.45) is -0.315. The molecule has 1 aliphatic heterocycles. The van der Waals surface area contributed by atoms with Crippen LogP contribution < -0.4 is 11.1 Å². The highest BCUT2D eigenvalue weighted by molar-refractivity contribution is 5.78. The van der Waals surface area contributed by atoms with Gasteiger partial charge in [-0.25, -0.2) is 4.79 Å². The summed E-state index contributed by atoms with van der Waals surface area (Å²) < 4.78 is 5.32. The highest BCUT2D eigenvalue weighted by atomic mass is 16.6. The fourth-order valence-electron chi connectivity index (χ4n) is 1.92. The van der Waals surface area contributed by atoms with Gasteiger partial charge in [-0.1, -0.05) is 0 Å². The van der Waals surface area contributed by atoms with E-state index in [4.69, 9.17) is 10.5 Å². The maximum atomic E-state index is 12.0. The van der Waals surface area contributed by atoms with Crippen molar-refractivity contribution in [3.05, 3.63) is 0 Å². The lowest BCUT2D eigenvalue weighted by molar-refractivity contribution is -0.132. The highest BCUT2D eigenvalue weighted by Gasteiger charge is 2.27. The predicted octanol–water partition coefficient (Wildman–Crippen LogP) is 0.00250. The molecule has 0 radical (unpaired) electrons. The van der Waals surface area contributed by atoms with Crippen LogP contribution in [-0.4, -0.2) is 72.7 Å². The van der Waals surface area contributed by atoms with E-state index < -0.39 is 5.60 Å². The van der Waals surface area contributed by atoms with E-state index in [2.05, 4.69) is 5.32 Å². The zero-order valence-electron chi connectivity index (χ0n) is 13.5. The number of nitrogens with one attached hydrogen (secondary N) is 1. The van der Waals surface area contributed by atoms with Crippen LogP contribution in [0, 0.1) is 0 Å². The number of hydrogen-bond acceptors (Lipinski definition) is 5. The maximum Gasteiger partial charge on any atom is 0.410 e. The van der Waals surface area contributed by atoms with Crippen LogP contribution in [-0.2, 0) is 9.53 Å². The van der Waals surface area contributed by atoms with Crippen LogP contribution in [0.25, 0.3) is 0 Å². The Morgan fingerprint density at radius 3 is 2.19 bits per heavy atom. The zero-order valence-corrected chi connectivity index (χ0v) is 13.5. The Morgan fingerprint density at radius 1 is 1.19 bits per heavy atom. The van der Waals surface area contributed by atoms with Gasteiger partial charge in [0.1, 0.15) is 5.60 Å². The fourth-order valence-corrected chi connectivity index (χ4v) is 1.92. The standard InChI is InChI=1S/C14H28N4O3/c1-11(9-15)16-10-12(19)17-5-7-18(8-6-17)13(20)21-14(2,3)4/h11,16H,5-10,15H2,1-4H3. The first kappa shape index (κ1) is 17.7. The number of rotatable bonds is 4. The normalized spacial score (nSPS) is 17.6. The molecule has 0 aromatic rings. The van der Waals surface area contributed by atoms with Gasteiger partial charge in [-0.2, -0.15) is 0 Å². The van der Waals surface area contributed by atoms with E-state index in [1.807, 2.05) is 27.7 Å². The quantitative estimate of drug-likeness (QED) is 0.763. The highest BCUT2D eigenvalue weighted by Crippen LogP contribution is 2.11. The molecule has 1 heterocycles. The van der Waals surface area contributed by atoms with Crippen LogP contribution in [0.2, 0.25) is 0 Å². The molecule has 1 saturated heterocycles. The monoisotopic (exact) mass is 300 g/mol. The summed E-state index contributed by atoms with van der Waals surface area (Å²) in [5.41, 5.74) is 5.00. The van der Waals surface area contributed by atoms with Crippen LogP contribution in [0.3, 0.4) is 0 Å². The Morgan fingerprint density at radius 2 is 1.71 bits per heavy atom. The third-order valence-corrected chi connectivity index (χ3v) is 3.24. The molecule has 2 amide bonds. The number of carbonyl (C=O) groups is 2. The van der Waals surface area contributed by atoms with Gasteiger partial charge >= 0.3 is 6.09 Å². The number of amides is 2. The Labute approximate surface area is 126 Å². The minimum Gasteiger partial charge on any atom is -0.444 e. The number of carbonyl (C=O) groups excluding carboxylic acids is 2. The predicted molar refractivity (Wildman–Crippen MR) is 80.9 cm³/mol. The molecule has 7 nitrogen and oxygen atoms in total. The number of hydrogen-bond donors (Lipinski definition) is 2. The fraction of sp³-hybridized carbons (Fsp3) is 0.857. The molecule has 122 valence electrons. The van der Waals surface area contributed by atoms with Crippen molar-refractivity contribution in [2.45, 2.75) is 39.3 Å². The molecule has 1 fully saturated rings. The molecule has 7 heteroatoms. The van der Waals surface area contributed by atoms with E-state index in [0.29, 0.717) is 32.7 Å². The van der Waals surface area contributed by atoms with Crippen LogP contribution in [0.4, 0.5) is 4.79 Å². The summed E-state index contributed by atoms with van der Waals surface area (Å²) in [6.45, 7) is 10.3. The summed E-state index contributed by atoms with van der Waals surface area (Å²) in [5.74, 6) is 0.0409. The van der Waals surface area contributed by atoms with E-state index in [9.17, 15) is 9.59 Å². The largest absolute Gasteiger partial charge is 0.444 e. The smallest absolute Gasteiger partial charge is 0.410 e. The molecule has 0 saturated carbocycles. The molecular weight excluding hydrogens is 272 g/mol. The van der Waals surface area contributed by atoms with Gasteiger partial charge < -0.3 is 25.6 Å². The third-order valence-electron chi connectivity index (χ3n) is 3.24. The van der Waals surface area contributed by atoms with Crippen LogP contribution in [0.15, 0.2) is 0 Å². The Hall–Kier alpha value is -1.34. The molecule has 1 rings (SSSR count). The Bertz CT molecular complexity index is 360. The van der Waals surface area contributed by atoms with Gasteiger partial charge in [0.05, 0.1) is 6.54 Å². The summed E-state index contributed by atoms with van der Waals surface area (Å²) in [6, 6.07) is 0.122. The van der Waals surface area contributed by atoms with Crippen molar-refractivity contribution in [1.82, 2.24) is 15.1 Å². The van der Waals surface area contributed by atoms with E-state index >= 15 is 0 Å². The number of piperazine rings is 1. The second kappa shape index (κ2) is 7.61. The summed E-state index contributed by atoms with van der Waals surface area (Å²) >= 11 is 0. The van der Waals surface area contributed by atoms with E-state index in [-0.39, 0.29) is 24.6 Å². The first-order chi connectivity index (χ1) is 9.73. The third kappa shape index (κ3) is 6.31. The first-order valence-electron chi connectivity index (χ1n) is 7.42. The average Bonchev–Trinajstić information content (AvgIpc) is 2.42. The molecular formula is C14H28N4O3. The van der Waals surface area contributed by atoms with Crippen molar-refractivity contribution in [3.8, 4) is 0 Å². The van der Waals surface area contributed by atoms with Gasteiger partial charge in [0, 0.05) is 38.8 Å². The summed E-state index contributed by atoms with van der Waals surface area (Å²) in [7, 11) is 0. The van der Waals surface area contributed by atoms with Crippen LogP contribution in [0.5, 0.6) is 0 Å². The lowest BCUT2D eigenvalue weighted by Crippen LogP contribution is -2.53. The maximum absolute atomic E-state index is 12.0. The molecule has 1 aliphatic rings. The lowest BCUT2D eigenvalue weighted by atomic mass is 10.2. The summed E-state index contributed by atoms with van der Waals surface area (Å²) in [4.78, 5) is 27.3. The number of nitrogens with two attached hydrogens (primary N) is 1. The van der Waals surface area contributed by atoms with Gasteiger partial charge in [0.2, 0.25) is 5.91 Å². The van der Waals surface area contributed by atoms with E-state index in [1.54, 1.807) is 9.80 Å². The molecule has 0 aliphatic carbocycles. The number of nitrogens with zero attached hydrogens (tertiary/aromatic N) is 2. The van der Waals surface area contributed by atoms with Crippen molar-refractivity contribution in [2.75, 3.05) is 39.3 Å². The van der Waals surface area contributed by atoms with Gasteiger partial charge in [0.25, 0.3) is 0 Å². The second-order valence-corrected chi connectivity index (χ2v) is 6.37. The molecule has 0 spiro atoms. The van der Waals surface area contributed by atoms with Crippen molar-refractivity contribution >= 4 is 12.0 Å². The minimum atomic E-state index is -0.494. The molecule has 21 heavy (non-hydrogen) atoms. The van der Waals surface area contributed by atoms with Crippen LogP contribution in [0.1, 0.15) is 27.7 Å². The Balaban J connectivity index is 2.34. The minimum absolute atomic E-state index is 0.0409. The topological polar surface area (TPSA) is 87.9 Å². The summed E-state index contributed by atoms with van der Waals surface area (Å²) in [5, 5.41) is 3.07. The molecule has 1 atom stereocenters. The zero-order chi connectivity index (χ0) is 16.0. The van der Waals surface area contributed by atoms with Crippen molar-refractivity contribution < 1.29 is 14.3 Å². The van der Waals surface area contributed by atoms with Crippen molar-refractivity contribution in [2.24, 2.45) is 5.73 Å². The van der Waals surface area contributed by atoms with Crippen molar-refractivity contribution in [1.29, 1.82) is 0 Å². The average molecular weight is 300 g/mol. The number of ether oxygens (including phenoxy) is 1. The molecule has 0 aromatic heterocycles. The van der Waals surface area contributed by atoms with Gasteiger partial charge in [-0.3, -0.25) is 4.79 Å². The molecule has 1 unspecified atom stereocenters. The second-order valence-electron chi connectivity index (χ2n) is 6.37. The van der Waals surface area contributed by atoms with Crippen molar-refractivity contribution in [3.63, 3.8) is 0 Å². The van der Waals surface area contributed by atoms with E-state index in [1.165, 1.54) is 0 Å². The lowest BCUT2D eigenvalue weighted by Gasteiger charge is -2.35. The van der Waals surface area contributed by atoms with Gasteiger partial charge in [-0.15, -0.1) is 0 Å². The van der Waals surface area contributed by atoms with Gasteiger partial charge in [-0.05, 0) is 27.7 Å².